The van der Waals surface area contributed by atoms with E-state index in [9.17, 15) is 14.4 Å². The summed E-state index contributed by atoms with van der Waals surface area (Å²) in [5, 5.41) is 0. The van der Waals surface area contributed by atoms with Crippen LogP contribution in [0.25, 0.3) is 0 Å². The first-order valence-electron chi connectivity index (χ1n) is 27.7. The summed E-state index contributed by atoms with van der Waals surface area (Å²) in [6.45, 7) is 6.27. The fourth-order valence-corrected chi connectivity index (χ4v) is 7.07. The van der Waals surface area contributed by atoms with Crippen molar-refractivity contribution in [3.05, 3.63) is 134 Å². The summed E-state index contributed by atoms with van der Waals surface area (Å²) in [6, 6.07) is 0. The number of esters is 3. The van der Waals surface area contributed by atoms with Crippen LogP contribution in [0.5, 0.6) is 0 Å². The molecule has 0 aromatic heterocycles. The molecule has 0 rings (SSSR count). The summed E-state index contributed by atoms with van der Waals surface area (Å²) >= 11 is 0. The number of rotatable bonds is 48. The van der Waals surface area contributed by atoms with Crippen LogP contribution in [0.1, 0.15) is 226 Å². The average molecular weight is 953 g/mol. The highest BCUT2D eigenvalue weighted by Gasteiger charge is 2.19. The first-order valence-corrected chi connectivity index (χ1v) is 27.7. The number of unbranched alkanes of at least 4 members (excludes halogenated alkanes) is 16. The van der Waals surface area contributed by atoms with Crippen molar-refractivity contribution in [3.8, 4) is 0 Å². The summed E-state index contributed by atoms with van der Waals surface area (Å²) in [7, 11) is 0. The Kier molecular flexibility index (Phi) is 52.5. The second kappa shape index (κ2) is 56.1. The number of carbonyl (C=O) groups excluding carboxylic acids is 3. The van der Waals surface area contributed by atoms with E-state index in [1.165, 1.54) is 70.6 Å². The molecule has 0 spiro atoms. The van der Waals surface area contributed by atoms with E-state index in [2.05, 4.69) is 142 Å². The first-order chi connectivity index (χ1) is 34.0. The molecule has 1 unspecified atom stereocenters. The molecule has 388 valence electrons. The van der Waals surface area contributed by atoms with Crippen molar-refractivity contribution in [3.63, 3.8) is 0 Å². The highest BCUT2D eigenvalue weighted by molar-refractivity contribution is 5.72. The van der Waals surface area contributed by atoms with E-state index in [0.29, 0.717) is 19.3 Å². The zero-order chi connectivity index (χ0) is 50.0. The van der Waals surface area contributed by atoms with Gasteiger partial charge in [0.25, 0.3) is 0 Å². The van der Waals surface area contributed by atoms with Crippen LogP contribution in [0.4, 0.5) is 0 Å². The molecule has 0 bridgehead atoms. The highest BCUT2D eigenvalue weighted by Crippen LogP contribution is 2.13. The normalized spacial score (nSPS) is 13.1. The summed E-state index contributed by atoms with van der Waals surface area (Å²) in [5.74, 6) is -1.11. The number of allylic oxidation sites excluding steroid dienone is 21. The lowest BCUT2D eigenvalue weighted by molar-refractivity contribution is -0.166. The molecular weight excluding hydrogens is 853 g/mol. The van der Waals surface area contributed by atoms with Gasteiger partial charge < -0.3 is 14.2 Å². The van der Waals surface area contributed by atoms with Gasteiger partial charge in [0.1, 0.15) is 13.2 Å². The van der Waals surface area contributed by atoms with Crippen molar-refractivity contribution in [2.75, 3.05) is 13.2 Å². The zero-order valence-corrected chi connectivity index (χ0v) is 44.3. The molecule has 0 aliphatic rings. The molecule has 1 atom stereocenters. The monoisotopic (exact) mass is 953 g/mol. The van der Waals surface area contributed by atoms with E-state index in [1.807, 2.05) is 6.08 Å². The smallest absolute Gasteiger partial charge is 0.310 e. The van der Waals surface area contributed by atoms with E-state index in [1.54, 1.807) is 6.08 Å². The predicted molar refractivity (Wildman–Crippen MR) is 297 cm³/mol. The number of carbonyl (C=O) groups is 3. The van der Waals surface area contributed by atoms with Crippen LogP contribution in [0.15, 0.2) is 134 Å². The second-order valence-electron chi connectivity index (χ2n) is 17.7. The SMILES string of the molecule is CC/C=C\C/C=C\C/C=C\C/C=C\C/C=C\CC(=O)OC(COC(=O)CCCCC/C=C\C/C=C\C/C=C\CC)COC(=O)CCCCCCCCCC/C=C\C/C=C\C/C=C\CCCCCCC. The quantitative estimate of drug-likeness (QED) is 0.0262. The molecule has 0 aromatic carbocycles. The summed E-state index contributed by atoms with van der Waals surface area (Å²) in [5.41, 5.74) is 0. The molecule has 0 saturated heterocycles. The van der Waals surface area contributed by atoms with Crippen molar-refractivity contribution >= 4 is 17.9 Å². The Bertz CT molecular complexity index is 1510. The van der Waals surface area contributed by atoms with Crippen LogP contribution in [0.3, 0.4) is 0 Å². The standard InChI is InChI=1S/C63H100O6/c1-4-7-10-13-16-19-22-25-27-28-29-30-31-32-33-34-36-38-41-44-47-50-53-56-62(65)68-59-60(58-67-61(64)55-52-49-46-43-40-37-24-21-18-15-12-9-6-3)69-63(66)57-54-51-48-45-42-39-35-26-23-20-17-14-11-8-5-2/h8-9,11-12,17-18,20-22,25-26,28-29,31-32,35,37,40,42,45,51,54,60H,4-7,10,13-16,19,23-24,27,30,33-34,36,38-39,41,43-44,46-50,52-53,55-59H2,1-3H3/b11-8-,12-9-,20-17-,21-18-,25-22-,29-28-,32-31-,35-26-,40-37-,45-42-,54-51-. The van der Waals surface area contributed by atoms with Gasteiger partial charge in [0.2, 0.25) is 0 Å². The first kappa shape index (κ1) is 64.5. The molecule has 6 heteroatoms. The van der Waals surface area contributed by atoms with Gasteiger partial charge in [-0.15, -0.1) is 0 Å². The Morgan fingerprint density at radius 1 is 0.319 bits per heavy atom. The summed E-state index contributed by atoms with van der Waals surface area (Å²) in [6.07, 6.45) is 79.0. The molecule has 0 radical (unpaired) electrons. The maximum absolute atomic E-state index is 12.8. The van der Waals surface area contributed by atoms with Crippen LogP contribution in [-0.4, -0.2) is 37.2 Å². The van der Waals surface area contributed by atoms with E-state index in [4.69, 9.17) is 14.2 Å². The molecule has 6 nitrogen and oxygen atoms in total. The van der Waals surface area contributed by atoms with Gasteiger partial charge >= 0.3 is 17.9 Å². The van der Waals surface area contributed by atoms with E-state index < -0.39 is 12.1 Å². The molecule has 0 heterocycles. The Hall–Kier alpha value is -4.45. The molecule has 0 aliphatic carbocycles. The Morgan fingerprint density at radius 2 is 0.609 bits per heavy atom. The maximum Gasteiger partial charge on any atom is 0.310 e. The Morgan fingerprint density at radius 3 is 0.971 bits per heavy atom. The molecule has 0 aliphatic heterocycles. The molecule has 0 amide bonds. The van der Waals surface area contributed by atoms with Gasteiger partial charge in [-0.2, -0.15) is 0 Å². The fourth-order valence-electron chi connectivity index (χ4n) is 7.07. The summed E-state index contributed by atoms with van der Waals surface area (Å²) < 4.78 is 16.7. The van der Waals surface area contributed by atoms with E-state index in [-0.39, 0.29) is 31.6 Å². The fraction of sp³-hybridized carbons (Fsp3) is 0.603. The number of ether oxygens (including phenoxy) is 3. The van der Waals surface area contributed by atoms with Crippen molar-refractivity contribution in [1.82, 2.24) is 0 Å². The van der Waals surface area contributed by atoms with Crippen molar-refractivity contribution in [2.45, 2.75) is 232 Å². The lowest BCUT2D eigenvalue weighted by Gasteiger charge is -2.18. The summed E-state index contributed by atoms with van der Waals surface area (Å²) in [4.78, 5) is 38.0. The lowest BCUT2D eigenvalue weighted by atomic mass is 10.1. The van der Waals surface area contributed by atoms with Gasteiger partial charge in [-0.05, 0) is 116 Å². The molecule has 0 saturated carbocycles. The predicted octanol–water partition coefficient (Wildman–Crippen LogP) is 18.6. The molecular formula is C63H100O6. The topological polar surface area (TPSA) is 78.9 Å². The number of hydrogen-bond acceptors (Lipinski definition) is 6. The van der Waals surface area contributed by atoms with Gasteiger partial charge in [-0.25, -0.2) is 0 Å². The zero-order valence-electron chi connectivity index (χ0n) is 44.3. The largest absolute Gasteiger partial charge is 0.462 e. The lowest BCUT2D eigenvalue weighted by Crippen LogP contribution is -2.30. The van der Waals surface area contributed by atoms with Crippen LogP contribution in [0.2, 0.25) is 0 Å². The molecule has 0 fully saturated rings. The van der Waals surface area contributed by atoms with Crippen LogP contribution in [0, 0.1) is 0 Å². The number of hydrogen-bond donors (Lipinski definition) is 0. The molecule has 69 heavy (non-hydrogen) atoms. The molecule has 0 aromatic rings. The third-order valence-corrected chi connectivity index (χ3v) is 11.2. The minimum absolute atomic E-state index is 0.0830. The van der Waals surface area contributed by atoms with E-state index >= 15 is 0 Å². The van der Waals surface area contributed by atoms with Gasteiger partial charge in [-0.1, -0.05) is 225 Å². The highest BCUT2D eigenvalue weighted by atomic mass is 16.6. The van der Waals surface area contributed by atoms with Gasteiger partial charge in [0, 0.05) is 12.8 Å². The average Bonchev–Trinajstić information content (AvgIpc) is 3.35. The van der Waals surface area contributed by atoms with Gasteiger partial charge in [0.15, 0.2) is 6.10 Å². The van der Waals surface area contributed by atoms with Crippen molar-refractivity contribution in [2.24, 2.45) is 0 Å². The van der Waals surface area contributed by atoms with Gasteiger partial charge in [0.05, 0.1) is 6.42 Å². The third-order valence-electron chi connectivity index (χ3n) is 11.2. The maximum atomic E-state index is 12.8. The van der Waals surface area contributed by atoms with E-state index in [0.717, 1.165) is 109 Å². The van der Waals surface area contributed by atoms with Crippen molar-refractivity contribution < 1.29 is 28.6 Å². The Labute approximate surface area is 424 Å². The van der Waals surface area contributed by atoms with Crippen LogP contribution in [-0.2, 0) is 28.6 Å². The molecule has 0 N–H and O–H groups in total. The van der Waals surface area contributed by atoms with Crippen LogP contribution < -0.4 is 0 Å². The Balaban J connectivity index is 4.49. The minimum atomic E-state index is -0.852. The second-order valence-corrected chi connectivity index (χ2v) is 17.7. The third kappa shape index (κ3) is 54.4. The van der Waals surface area contributed by atoms with Gasteiger partial charge in [-0.3, -0.25) is 14.4 Å². The van der Waals surface area contributed by atoms with Crippen LogP contribution >= 0.6 is 0 Å². The van der Waals surface area contributed by atoms with Crippen molar-refractivity contribution in [1.29, 1.82) is 0 Å². The minimum Gasteiger partial charge on any atom is -0.462 e.